The van der Waals surface area contributed by atoms with E-state index in [1.165, 1.54) is 0 Å². The Bertz CT molecular complexity index is 760. The predicted octanol–water partition coefficient (Wildman–Crippen LogP) is 3.88. The molecule has 3 aromatic rings. The fraction of sp³-hybridized carbons (Fsp3) is 0. The molecule has 0 saturated heterocycles. The first-order valence-electron chi connectivity index (χ1n) is 6.15. The van der Waals surface area contributed by atoms with Gasteiger partial charge in [0.25, 0.3) is 0 Å². The molecule has 19 heavy (non-hydrogen) atoms. The summed E-state index contributed by atoms with van der Waals surface area (Å²) in [6, 6.07) is 19.8. The number of nitrogen functional groups attached to an aromatic ring is 1. The van der Waals surface area contributed by atoms with Gasteiger partial charge >= 0.3 is 0 Å². The Morgan fingerprint density at radius 3 is 2.63 bits per heavy atom. The molecule has 0 radical (unpaired) electrons. The summed E-state index contributed by atoms with van der Waals surface area (Å²) in [4.78, 5) is 4.64. The highest BCUT2D eigenvalue weighted by molar-refractivity contribution is 5.84. The highest BCUT2D eigenvalue weighted by Crippen LogP contribution is 2.23. The zero-order valence-corrected chi connectivity index (χ0v) is 10.5. The zero-order valence-electron chi connectivity index (χ0n) is 10.5. The van der Waals surface area contributed by atoms with Crippen LogP contribution in [-0.2, 0) is 0 Å². The highest BCUT2D eigenvalue weighted by Gasteiger charge is 2.05. The molecule has 2 N–H and O–H groups in total. The Morgan fingerprint density at radius 2 is 1.79 bits per heavy atom. The lowest BCUT2D eigenvalue weighted by molar-refractivity contribution is 1.34. The molecule has 0 aliphatic carbocycles. The van der Waals surface area contributed by atoms with Crippen LogP contribution in [0.25, 0.3) is 16.5 Å². The van der Waals surface area contributed by atoms with E-state index in [1.54, 1.807) is 0 Å². The van der Waals surface area contributed by atoms with Crippen LogP contribution in [-0.4, -0.2) is 4.98 Å². The summed E-state index contributed by atoms with van der Waals surface area (Å²) >= 11 is 0. The van der Waals surface area contributed by atoms with Crippen molar-refractivity contribution in [1.29, 1.82) is 0 Å². The van der Waals surface area contributed by atoms with Crippen molar-refractivity contribution >= 4 is 22.2 Å². The molecule has 92 valence electrons. The van der Waals surface area contributed by atoms with Crippen LogP contribution >= 0.6 is 0 Å². The zero-order chi connectivity index (χ0) is 13.2. The predicted molar refractivity (Wildman–Crippen MR) is 80.7 cm³/mol. The van der Waals surface area contributed by atoms with Gasteiger partial charge in [0.15, 0.2) is 0 Å². The molecule has 0 amide bonds. The Hall–Kier alpha value is -2.61. The Kier molecular flexibility index (Phi) is 2.76. The van der Waals surface area contributed by atoms with Gasteiger partial charge in [0, 0.05) is 16.6 Å². The SMILES string of the molecule is C=C(c1cccc(N)c1)c1ccc2ccccc2n1. The average molecular weight is 246 g/mol. The monoisotopic (exact) mass is 246 g/mol. The van der Waals surface area contributed by atoms with E-state index in [9.17, 15) is 0 Å². The molecule has 2 nitrogen and oxygen atoms in total. The fourth-order valence-electron chi connectivity index (χ4n) is 2.11. The van der Waals surface area contributed by atoms with Gasteiger partial charge in [-0.15, -0.1) is 0 Å². The van der Waals surface area contributed by atoms with Crippen molar-refractivity contribution in [1.82, 2.24) is 4.98 Å². The molecular formula is C17H14N2. The van der Waals surface area contributed by atoms with Gasteiger partial charge in [-0.2, -0.15) is 0 Å². The van der Waals surface area contributed by atoms with E-state index < -0.39 is 0 Å². The van der Waals surface area contributed by atoms with Crippen LogP contribution in [0.2, 0.25) is 0 Å². The third kappa shape index (κ3) is 2.20. The van der Waals surface area contributed by atoms with Crippen molar-refractivity contribution in [3.05, 3.63) is 78.5 Å². The maximum absolute atomic E-state index is 5.80. The quantitative estimate of drug-likeness (QED) is 0.697. The number of hydrogen-bond acceptors (Lipinski definition) is 2. The van der Waals surface area contributed by atoms with Gasteiger partial charge in [0.2, 0.25) is 0 Å². The molecular weight excluding hydrogens is 232 g/mol. The molecule has 0 bridgehead atoms. The number of fused-ring (bicyclic) bond motifs is 1. The van der Waals surface area contributed by atoms with Crippen molar-refractivity contribution in [2.24, 2.45) is 0 Å². The fourth-order valence-corrected chi connectivity index (χ4v) is 2.11. The normalized spacial score (nSPS) is 10.5. The average Bonchev–Trinajstić information content (AvgIpc) is 2.46. The second-order valence-electron chi connectivity index (χ2n) is 4.49. The number of benzene rings is 2. The molecule has 3 rings (SSSR count). The van der Waals surface area contributed by atoms with Crippen LogP contribution in [0.4, 0.5) is 5.69 Å². The van der Waals surface area contributed by atoms with Crippen molar-refractivity contribution in [2.75, 3.05) is 5.73 Å². The number of hydrogen-bond donors (Lipinski definition) is 1. The maximum atomic E-state index is 5.80. The van der Waals surface area contributed by atoms with Crippen LogP contribution in [0.1, 0.15) is 11.3 Å². The van der Waals surface area contributed by atoms with Gasteiger partial charge in [0.1, 0.15) is 0 Å². The topological polar surface area (TPSA) is 38.9 Å². The van der Waals surface area contributed by atoms with Crippen molar-refractivity contribution in [3.63, 3.8) is 0 Å². The lowest BCUT2D eigenvalue weighted by atomic mass is 10.0. The van der Waals surface area contributed by atoms with Crippen LogP contribution in [0.15, 0.2) is 67.2 Å². The van der Waals surface area contributed by atoms with E-state index in [1.807, 2.05) is 48.5 Å². The van der Waals surface area contributed by atoms with Crippen LogP contribution in [0.3, 0.4) is 0 Å². The van der Waals surface area contributed by atoms with Gasteiger partial charge in [-0.05, 0) is 29.8 Å². The summed E-state index contributed by atoms with van der Waals surface area (Å²) in [5.41, 5.74) is 10.3. The Balaban J connectivity index is 2.06. The second-order valence-corrected chi connectivity index (χ2v) is 4.49. The lowest BCUT2D eigenvalue weighted by Crippen LogP contribution is -1.92. The molecule has 2 heteroatoms. The minimum atomic E-state index is 0.736. The van der Waals surface area contributed by atoms with Crippen LogP contribution in [0.5, 0.6) is 0 Å². The van der Waals surface area contributed by atoms with E-state index in [0.717, 1.165) is 33.4 Å². The number of pyridine rings is 1. The number of nitrogens with zero attached hydrogens (tertiary/aromatic N) is 1. The summed E-state index contributed by atoms with van der Waals surface area (Å²) in [5.74, 6) is 0. The third-order valence-corrected chi connectivity index (χ3v) is 3.14. The molecule has 0 aliphatic heterocycles. The molecule has 1 aromatic heterocycles. The summed E-state index contributed by atoms with van der Waals surface area (Å²) in [6.45, 7) is 4.13. The first-order valence-corrected chi connectivity index (χ1v) is 6.15. The molecule has 1 heterocycles. The minimum Gasteiger partial charge on any atom is -0.399 e. The number of rotatable bonds is 2. The van der Waals surface area contributed by atoms with Gasteiger partial charge in [-0.3, -0.25) is 0 Å². The van der Waals surface area contributed by atoms with Gasteiger partial charge in [-0.25, -0.2) is 4.98 Å². The summed E-state index contributed by atoms with van der Waals surface area (Å²) in [7, 11) is 0. The second kappa shape index (κ2) is 4.58. The number of aromatic nitrogens is 1. The number of para-hydroxylation sites is 1. The molecule has 0 unspecified atom stereocenters. The van der Waals surface area contributed by atoms with Crippen LogP contribution in [0, 0.1) is 0 Å². The standard InChI is InChI=1S/C17H14N2/c1-12(14-6-4-7-15(18)11-14)16-10-9-13-5-2-3-8-17(13)19-16/h2-11H,1,18H2. The number of anilines is 1. The van der Waals surface area contributed by atoms with E-state index in [4.69, 9.17) is 5.73 Å². The highest BCUT2D eigenvalue weighted by atomic mass is 14.7. The Morgan fingerprint density at radius 1 is 0.947 bits per heavy atom. The maximum Gasteiger partial charge on any atom is 0.0709 e. The van der Waals surface area contributed by atoms with Crippen molar-refractivity contribution in [2.45, 2.75) is 0 Å². The molecule has 0 atom stereocenters. The Labute approximate surface area is 112 Å². The van der Waals surface area contributed by atoms with E-state index in [0.29, 0.717) is 0 Å². The molecule has 2 aromatic carbocycles. The van der Waals surface area contributed by atoms with Crippen LogP contribution < -0.4 is 5.73 Å². The molecule has 0 spiro atoms. The first-order chi connectivity index (χ1) is 9.24. The van der Waals surface area contributed by atoms with Gasteiger partial charge < -0.3 is 5.73 Å². The molecule has 0 aliphatic rings. The molecule has 0 fully saturated rings. The first kappa shape index (κ1) is 11.5. The third-order valence-electron chi connectivity index (χ3n) is 3.14. The molecule has 0 saturated carbocycles. The smallest absolute Gasteiger partial charge is 0.0709 e. The van der Waals surface area contributed by atoms with Gasteiger partial charge in [-0.1, -0.05) is 43.0 Å². The van der Waals surface area contributed by atoms with E-state index in [-0.39, 0.29) is 0 Å². The number of nitrogens with two attached hydrogens (primary N) is 1. The van der Waals surface area contributed by atoms with E-state index in [2.05, 4.69) is 23.7 Å². The summed E-state index contributed by atoms with van der Waals surface area (Å²) in [5, 5.41) is 1.13. The van der Waals surface area contributed by atoms with E-state index >= 15 is 0 Å². The van der Waals surface area contributed by atoms with Gasteiger partial charge in [0.05, 0.1) is 11.2 Å². The summed E-state index contributed by atoms with van der Waals surface area (Å²) < 4.78 is 0. The minimum absolute atomic E-state index is 0.736. The largest absolute Gasteiger partial charge is 0.399 e. The van der Waals surface area contributed by atoms with Crippen molar-refractivity contribution < 1.29 is 0 Å². The van der Waals surface area contributed by atoms with Crippen molar-refractivity contribution in [3.8, 4) is 0 Å². The lowest BCUT2D eigenvalue weighted by Gasteiger charge is -2.07. The summed E-state index contributed by atoms with van der Waals surface area (Å²) in [6.07, 6.45) is 0.